The fourth-order valence-electron chi connectivity index (χ4n) is 1.28. The van der Waals surface area contributed by atoms with Crippen molar-refractivity contribution in [1.82, 2.24) is 5.32 Å². The second kappa shape index (κ2) is 6.00. The predicted molar refractivity (Wildman–Crippen MR) is 63.5 cm³/mol. The molecule has 0 heterocycles. The summed E-state index contributed by atoms with van der Waals surface area (Å²) < 4.78 is 0. The summed E-state index contributed by atoms with van der Waals surface area (Å²) in [5, 5.41) is 11.5. The van der Waals surface area contributed by atoms with Crippen LogP contribution in [-0.4, -0.2) is 23.5 Å². The monoisotopic (exact) mass is 236 g/mol. The molecule has 4 N–H and O–H groups in total. The third-order valence-corrected chi connectivity index (χ3v) is 2.44. The number of hydrogen-bond acceptors (Lipinski definition) is 3. The Morgan fingerprint density at radius 3 is 2.76 bits per heavy atom. The molecule has 0 aliphatic carbocycles. The van der Waals surface area contributed by atoms with E-state index in [-0.39, 0.29) is 17.4 Å². The highest BCUT2D eigenvalue weighted by Crippen LogP contribution is 2.05. The van der Waals surface area contributed by atoms with E-state index >= 15 is 0 Å². The topological polar surface area (TPSA) is 92.4 Å². The number of carbonyl (C=O) groups excluding carboxylic acids is 1. The maximum absolute atomic E-state index is 11.5. The van der Waals surface area contributed by atoms with Gasteiger partial charge in [0.2, 0.25) is 5.91 Å². The van der Waals surface area contributed by atoms with Gasteiger partial charge in [-0.15, -0.1) is 0 Å². The van der Waals surface area contributed by atoms with Crippen LogP contribution in [0, 0.1) is 5.92 Å². The van der Waals surface area contributed by atoms with Gasteiger partial charge in [-0.05, 0) is 17.7 Å². The summed E-state index contributed by atoms with van der Waals surface area (Å²) in [5.74, 6) is -1.35. The van der Waals surface area contributed by atoms with Crippen LogP contribution in [0.1, 0.15) is 22.8 Å². The van der Waals surface area contributed by atoms with Crippen LogP contribution in [0.3, 0.4) is 0 Å². The molecule has 5 heteroatoms. The lowest BCUT2D eigenvalue weighted by Crippen LogP contribution is -2.32. The van der Waals surface area contributed by atoms with E-state index in [1.807, 2.05) is 0 Å². The van der Waals surface area contributed by atoms with Crippen LogP contribution < -0.4 is 11.1 Å². The van der Waals surface area contributed by atoms with Gasteiger partial charge in [-0.2, -0.15) is 0 Å². The van der Waals surface area contributed by atoms with Gasteiger partial charge in [-0.25, -0.2) is 4.79 Å². The fraction of sp³-hybridized carbons (Fsp3) is 0.333. The highest BCUT2D eigenvalue weighted by molar-refractivity contribution is 5.87. The van der Waals surface area contributed by atoms with E-state index < -0.39 is 5.97 Å². The molecule has 1 atom stereocenters. The summed E-state index contributed by atoms with van der Waals surface area (Å²) in [7, 11) is 0. The van der Waals surface area contributed by atoms with Crippen LogP contribution in [-0.2, 0) is 11.3 Å². The Labute approximate surface area is 99.6 Å². The van der Waals surface area contributed by atoms with Gasteiger partial charge in [0.15, 0.2) is 0 Å². The Balaban J connectivity index is 2.60. The number of hydrogen-bond donors (Lipinski definition) is 3. The van der Waals surface area contributed by atoms with Crippen molar-refractivity contribution in [3.05, 3.63) is 35.4 Å². The van der Waals surface area contributed by atoms with Crippen molar-refractivity contribution < 1.29 is 14.7 Å². The smallest absolute Gasteiger partial charge is 0.335 e. The van der Waals surface area contributed by atoms with E-state index in [1.165, 1.54) is 12.1 Å². The van der Waals surface area contributed by atoms with E-state index in [1.54, 1.807) is 19.1 Å². The lowest BCUT2D eigenvalue weighted by molar-refractivity contribution is -0.124. The molecule has 0 aliphatic heterocycles. The molecule has 0 spiro atoms. The van der Waals surface area contributed by atoms with Crippen molar-refractivity contribution in [2.75, 3.05) is 6.54 Å². The van der Waals surface area contributed by atoms with E-state index in [9.17, 15) is 9.59 Å². The highest BCUT2D eigenvalue weighted by Gasteiger charge is 2.10. The standard InChI is InChI=1S/C12H16N2O3/c1-8(6-13)11(15)14-7-9-3-2-4-10(5-9)12(16)17/h2-5,8H,6-7,13H2,1H3,(H,14,15)(H,16,17). The van der Waals surface area contributed by atoms with Crippen molar-refractivity contribution in [1.29, 1.82) is 0 Å². The predicted octanol–water partition coefficient (Wildman–Crippen LogP) is 0.596. The van der Waals surface area contributed by atoms with Crippen molar-refractivity contribution in [2.45, 2.75) is 13.5 Å². The average Bonchev–Trinajstić information content (AvgIpc) is 2.35. The molecule has 1 rings (SSSR count). The number of carboxylic acids is 1. The van der Waals surface area contributed by atoms with Crippen molar-refractivity contribution in [2.24, 2.45) is 11.7 Å². The molecule has 0 bridgehead atoms. The first kappa shape index (κ1) is 13.2. The number of aromatic carboxylic acids is 1. The molecule has 0 fully saturated rings. The van der Waals surface area contributed by atoms with Crippen LogP contribution in [0.5, 0.6) is 0 Å². The molecule has 1 aromatic carbocycles. The molecule has 5 nitrogen and oxygen atoms in total. The summed E-state index contributed by atoms with van der Waals surface area (Å²) in [6, 6.07) is 6.46. The molecular weight excluding hydrogens is 220 g/mol. The number of benzene rings is 1. The van der Waals surface area contributed by atoms with E-state index in [0.29, 0.717) is 13.1 Å². The molecule has 0 radical (unpaired) electrons. The zero-order valence-electron chi connectivity index (χ0n) is 9.64. The number of nitrogens with two attached hydrogens (primary N) is 1. The highest BCUT2D eigenvalue weighted by atomic mass is 16.4. The van der Waals surface area contributed by atoms with E-state index in [0.717, 1.165) is 5.56 Å². The summed E-state index contributed by atoms with van der Waals surface area (Å²) in [6.45, 7) is 2.34. The van der Waals surface area contributed by atoms with Crippen LogP contribution in [0.15, 0.2) is 24.3 Å². The first-order chi connectivity index (χ1) is 8.04. The number of amides is 1. The minimum absolute atomic E-state index is 0.131. The van der Waals surface area contributed by atoms with Crippen molar-refractivity contribution in [3.63, 3.8) is 0 Å². The van der Waals surface area contributed by atoms with Gasteiger partial charge >= 0.3 is 5.97 Å². The molecule has 92 valence electrons. The summed E-state index contributed by atoms with van der Waals surface area (Å²) in [4.78, 5) is 22.2. The minimum atomic E-state index is -0.978. The Morgan fingerprint density at radius 2 is 2.18 bits per heavy atom. The Morgan fingerprint density at radius 1 is 1.47 bits per heavy atom. The second-order valence-corrected chi connectivity index (χ2v) is 3.86. The third kappa shape index (κ3) is 3.88. The fourth-order valence-corrected chi connectivity index (χ4v) is 1.28. The molecule has 0 saturated heterocycles. The van der Waals surface area contributed by atoms with Gasteiger partial charge in [0.1, 0.15) is 0 Å². The number of carbonyl (C=O) groups is 2. The van der Waals surface area contributed by atoms with Gasteiger partial charge in [-0.1, -0.05) is 19.1 Å². The average molecular weight is 236 g/mol. The maximum Gasteiger partial charge on any atom is 0.335 e. The normalized spacial score (nSPS) is 11.9. The quantitative estimate of drug-likeness (QED) is 0.697. The van der Waals surface area contributed by atoms with E-state index in [2.05, 4.69) is 5.32 Å². The van der Waals surface area contributed by atoms with Gasteiger partial charge in [0.05, 0.1) is 5.56 Å². The number of carboxylic acid groups (broad SMARTS) is 1. The van der Waals surface area contributed by atoms with Crippen LogP contribution >= 0.6 is 0 Å². The summed E-state index contributed by atoms with van der Waals surface area (Å²) in [5.41, 5.74) is 6.33. The van der Waals surface area contributed by atoms with Gasteiger partial charge in [0, 0.05) is 19.0 Å². The largest absolute Gasteiger partial charge is 0.478 e. The van der Waals surface area contributed by atoms with Crippen molar-refractivity contribution >= 4 is 11.9 Å². The first-order valence-corrected chi connectivity index (χ1v) is 5.34. The second-order valence-electron chi connectivity index (χ2n) is 3.86. The maximum atomic E-state index is 11.5. The Kier molecular flexibility index (Phi) is 4.66. The Hall–Kier alpha value is -1.88. The van der Waals surface area contributed by atoms with Gasteiger partial charge in [-0.3, -0.25) is 4.79 Å². The lowest BCUT2D eigenvalue weighted by Gasteiger charge is -2.10. The number of rotatable bonds is 5. The summed E-state index contributed by atoms with van der Waals surface area (Å²) >= 11 is 0. The lowest BCUT2D eigenvalue weighted by atomic mass is 10.1. The molecule has 1 unspecified atom stereocenters. The van der Waals surface area contributed by atoms with Gasteiger partial charge < -0.3 is 16.2 Å². The zero-order chi connectivity index (χ0) is 12.8. The van der Waals surface area contributed by atoms with Crippen molar-refractivity contribution in [3.8, 4) is 0 Å². The van der Waals surface area contributed by atoms with Crippen LogP contribution in [0.25, 0.3) is 0 Å². The SMILES string of the molecule is CC(CN)C(=O)NCc1cccc(C(=O)O)c1. The molecule has 17 heavy (non-hydrogen) atoms. The number of nitrogens with one attached hydrogen (secondary N) is 1. The first-order valence-electron chi connectivity index (χ1n) is 5.34. The molecule has 1 aromatic rings. The molecule has 0 aliphatic rings. The van der Waals surface area contributed by atoms with E-state index in [4.69, 9.17) is 10.8 Å². The zero-order valence-corrected chi connectivity index (χ0v) is 9.64. The van der Waals surface area contributed by atoms with Crippen LogP contribution in [0.2, 0.25) is 0 Å². The molecule has 1 amide bonds. The van der Waals surface area contributed by atoms with Gasteiger partial charge in [0.25, 0.3) is 0 Å². The summed E-state index contributed by atoms with van der Waals surface area (Å²) in [6.07, 6.45) is 0. The van der Waals surface area contributed by atoms with Crippen LogP contribution in [0.4, 0.5) is 0 Å². The molecular formula is C12H16N2O3. The molecule has 0 saturated carbocycles. The third-order valence-electron chi connectivity index (χ3n) is 2.44. The molecule has 0 aromatic heterocycles. The Bertz CT molecular complexity index is 418. The minimum Gasteiger partial charge on any atom is -0.478 e.